The van der Waals surface area contributed by atoms with E-state index in [-0.39, 0.29) is 5.75 Å². The summed E-state index contributed by atoms with van der Waals surface area (Å²) in [5.74, 6) is 2.46. The van der Waals surface area contributed by atoms with E-state index in [4.69, 9.17) is 14.5 Å². The Bertz CT molecular complexity index is 806. The highest BCUT2D eigenvalue weighted by molar-refractivity contribution is 7.92. The van der Waals surface area contributed by atoms with Gasteiger partial charge in [-0.2, -0.15) is 0 Å². The van der Waals surface area contributed by atoms with E-state index in [0.29, 0.717) is 26.2 Å². The molecule has 29 heavy (non-hydrogen) atoms. The Balaban J connectivity index is 1.99. The van der Waals surface area contributed by atoms with Crippen LogP contribution in [0.1, 0.15) is 39.7 Å². The third-order valence-electron chi connectivity index (χ3n) is 5.09. The summed E-state index contributed by atoms with van der Waals surface area (Å²) in [6.45, 7) is 10.5. The molecule has 8 heteroatoms. The molecule has 0 bridgehead atoms. The van der Waals surface area contributed by atoms with Gasteiger partial charge in [0, 0.05) is 26.2 Å². The average molecular weight is 426 g/mol. The molecule has 1 aromatic rings. The lowest BCUT2D eigenvalue weighted by molar-refractivity contribution is 0.310. The van der Waals surface area contributed by atoms with Gasteiger partial charge in [-0.1, -0.05) is 6.07 Å². The highest BCUT2D eigenvalue weighted by Gasteiger charge is 2.40. The molecule has 0 aliphatic carbocycles. The maximum absolute atomic E-state index is 12.3. The van der Waals surface area contributed by atoms with Gasteiger partial charge in [0.15, 0.2) is 27.3 Å². The number of ether oxygens (including phenoxy) is 2. The largest absolute Gasteiger partial charge is 0.493 e. The van der Waals surface area contributed by atoms with Gasteiger partial charge >= 0.3 is 0 Å². The zero-order valence-corrected chi connectivity index (χ0v) is 19.1. The minimum atomic E-state index is -3.06. The molecule has 1 aromatic carbocycles. The van der Waals surface area contributed by atoms with Gasteiger partial charge in [0.25, 0.3) is 0 Å². The van der Waals surface area contributed by atoms with Crippen molar-refractivity contribution in [3.63, 3.8) is 0 Å². The SMILES string of the molecule is CCNC(=NCCCc1ccc(OC)c(OCC)c1)N1CCS(=O)(=O)C(C)(C)C1. The zero-order valence-electron chi connectivity index (χ0n) is 18.3. The fourth-order valence-corrected chi connectivity index (χ4v) is 4.73. The fourth-order valence-electron chi connectivity index (χ4n) is 3.36. The normalized spacial score (nSPS) is 18.4. The van der Waals surface area contributed by atoms with E-state index in [2.05, 4.69) is 10.2 Å². The van der Waals surface area contributed by atoms with Gasteiger partial charge in [-0.05, 0) is 58.2 Å². The molecule has 1 heterocycles. The van der Waals surface area contributed by atoms with E-state index in [1.54, 1.807) is 21.0 Å². The average Bonchev–Trinajstić information content (AvgIpc) is 2.67. The number of hydrogen-bond acceptors (Lipinski definition) is 5. The molecule has 164 valence electrons. The number of hydrogen-bond donors (Lipinski definition) is 1. The molecule has 0 atom stereocenters. The summed E-state index contributed by atoms with van der Waals surface area (Å²) in [6, 6.07) is 6.01. The van der Waals surface area contributed by atoms with Crippen LogP contribution in [0.15, 0.2) is 23.2 Å². The van der Waals surface area contributed by atoms with Crippen molar-refractivity contribution >= 4 is 15.8 Å². The summed E-state index contributed by atoms with van der Waals surface area (Å²) >= 11 is 0. The minimum absolute atomic E-state index is 0.163. The van der Waals surface area contributed by atoms with Crippen LogP contribution in [0.5, 0.6) is 11.5 Å². The summed E-state index contributed by atoms with van der Waals surface area (Å²) < 4.78 is 34.7. The maximum Gasteiger partial charge on any atom is 0.193 e. The van der Waals surface area contributed by atoms with Crippen molar-refractivity contribution in [2.75, 3.05) is 45.6 Å². The first kappa shape index (κ1) is 23.3. The Kier molecular flexibility index (Phi) is 8.19. The highest BCUT2D eigenvalue weighted by Crippen LogP contribution is 2.28. The molecule has 1 N–H and O–H groups in total. The molecule has 1 saturated heterocycles. The Labute approximate surface area is 175 Å². The Morgan fingerprint density at radius 2 is 2.03 bits per heavy atom. The van der Waals surface area contributed by atoms with Crippen LogP contribution in [0.25, 0.3) is 0 Å². The van der Waals surface area contributed by atoms with E-state index in [9.17, 15) is 8.42 Å². The first-order valence-electron chi connectivity index (χ1n) is 10.3. The van der Waals surface area contributed by atoms with Crippen molar-refractivity contribution in [2.45, 2.75) is 45.3 Å². The van der Waals surface area contributed by atoms with Crippen molar-refractivity contribution in [1.82, 2.24) is 10.2 Å². The summed E-state index contributed by atoms with van der Waals surface area (Å²) in [5, 5.41) is 3.30. The van der Waals surface area contributed by atoms with Gasteiger partial charge < -0.3 is 19.7 Å². The van der Waals surface area contributed by atoms with Gasteiger partial charge in [-0.3, -0.25) is 4.99 Å². The van der Waals surface area contributed by atoms with Gasteiger partial charge in [0.1, 0.15) is 0 Å². The van der Waals surface area contributed by atoms with E-state index >= 15 is 0 Å². The van der Waals surface area contributed by atoms with Gasteiger partial charge in [-0.15, -0.1) is 0 Å². The lowest BCUT2D eigenvalue weighted by atomic mass is 10.1. The highest BCUT2D eigenvalue weighted by atomic mass is 32.2. The van der Waals surface area contributed by atoms with Crippen LogP contribution in [-0.4, -0.2) is 69.7 Å². The molecular formula is C21H35N3O4S. The summed E-state index contributed by atoms with van der Waals surface area (Å²) in [4.78, 5) is 6.80. The molecule has 0 unspecified atom stereocenters. The molecule has 2 rings (SSSR count). The number of guanidine groups is 1. The summed E-state index contributed by atoms with van der Waals surface area (Å²) in [7, 11) is -1.42. The second-order valence-corrected chi connectivity index (χ2v) is 10.5. The number of methoxy groups -OCH3 is 1. The van der Waals surface area contributed by atoms with Gasteiger partial charge in [0.2, 0.25) is 0 Å². The quantitative estimate of drug-likeness (QED) is 0.392. The monoisotopic (exact) mass is 425 g/mol. The van der Waals surface area contributed by atoms with E-state index < -0.39 is 14.6 Å². The van der Waals surface area contributed by atoms with Gasteiger partial charge in [0.05, 0.1) is 24.2 Å². The Morgan fingerprint density at radius 1 is 1.28 bits per heavy atom. The van der Waals surface area contributed by atoms with Crippen molar-refractivity contribution in [2.24, 2.45) is 4.99 Å². The van der Waals surface area contributed by atoms with Crippen molar-refractivity contribution < 1.29 is 17.9 Å². The lowest BCUT2D eigenvalue weighted by Gasteiger charge is -2.39. The van der Waals surface area contributed by atoms with E-state index in [1.165, 1.54) is 5.56 Å². The first-order valence-corrected chi connectivity index (χ1v) is 11.9. The second kappa shape index (κ2) is 10.2. The molecular weight excluding hydrogens is 390 g/mol. The van der Waals surface area contributed by atoms with Crippen molar-refractivity contribution in [3.8, 4) is 11.5 Å². The van der Waals surface area contributed by atoms with Crippen LogP contribution in [0, 0.1) is 0 Å². The number of aliphatic imine (C=N–C) groups is 1. The molecule has 1 aliphatic heterocycles. The predicted octanol–water partition coefficient (Wildman–Crippen LogP) is 2.50. The third-order valence-corrected chi connectivity index (χ3v) is 7.62. The lowest BCUT2D eigenvalue weighted by Crippen LogP contribution is -2.57. The molecule has 1 fully saturated rings. The third kappa shape index (κ3) is 6.01. The van der Waals surface area contributed by atoms with Crippen molar-refractivity contribution in [3.05, 3.63) is 23.8 Å². The predicted molar refractivity (Wildman–Crippen MR) is 118 cm³/mol. The first-order chi connectivity index (χ1) is 13.7. The molecule has 0 spiro atoms. The standard InChI is InChI=1S/C21H35N3O4S/c1-6-22-20(24-13-14-29(25,26)21(3,4)16-24)23-12-8-9-17-10-11-18(27-5)19(15-17)28-7-2/h10-11,15H,6-9,12-14,16H2,1-5H3,(H,22,23). The summed E-state index contributed by atoms with van der Waals surface area (Å²) in [6.07, 6.45) is 1.77. The van der Waals surface area contributed by atoms with Crippen LogP contribution in [0.3, 0.4) is 0 Å². The van der Waals surface area contributed by atoms with E-state index in [1.807, 2.05) is 32.0 Å². The second-order valence-electron chi connectivity index (χ2n) is 7.76. The molecule has 7 nitrogen and oxygen atoms in total. The Morgan fingerprint density at radius 3 is 2.66 bits per heavy atom. The van der Waals surface area contributed by atoms with Crippen LogP contribution < -0.4 is 14.8 Å². The van der Waals surface area contributed by atoms with Crippen LogP contribution in [0.4, 0.5) is 0 Å². The van der Waals surface area contributed by atoms with Crippen molar-refractivity contribution in [1.29, 1.82) is 0 Å². The summed E-state index contributed by atoms with van der Waals surface area (Å²) in [5.41, 5.74) is 1.18. The minimum Gasteiger partial charge on any atom is -0.493 e. The number of benzene rings is 1. The number of nitrogens with zero attached hydrogens (tertiary/aromatic N) is 2. The van der Waals surface area contributed by atoms with E-state index in [0.717, 1.165) is 36.8 Å². The smallest absolute Gasteiger partial charge is 0.193 e. The maximum atomic E-state index is 12.3. The number of sulfone groups is 1. The molecule has 0 radical (unpaired) electrons. The van der Waals surface area contributed by atoms with Crippen LogP contribution in [-0.2, 0) is 16.3 Å². The molecule has 1 aliphatic rings. The zero-order chi connectivity index (χ0) is 21.5. The van der Waals surface area contributed by atoms with Crippen LogP contribution >= 0.6 is 0 Å². The number of rotatable bonds is 8. The Hall–Kier alpha value is -1.96. The fraction of sp³-hybridized carbons (Fsp3) is 0.667. The number of nitrogens with one attached hydrogen (secondary N) is 1. The number of aryl methyl sites for hydroxylation is 1. The molecule has 0 aromatic heterocycles. The van der Waals surface area contributed by atoms with Gasteiger partial charge in [-0.25, -0.2) is 8.42 Å². The molecule has 0 saturated carbocycles. The molecule has 0 amide bonds. The van der Waals surface area contributed by atoms with Crippen LogP contribution in [0.2, 0.25) is 0 Å². The topological polar surface area (TPSA) is 80.2 Å².